The van der Waals surface area contributed by atoms with E-state index in [0.717, 1.165) is 36.1 Å². The quantitative estimate of drug-likeness (QED) is 0.0604. The van der Waals surface area contributed by atoms with Crippen molar-refractivity contribution in [2.75, 3.05) is 12.0 Å². The predicted octanol–water partition coefficient (Wildman–Crippen LogP) is 5.52. The third-order valence-electron chi connectivity index (χ3n) is 16.2. The first-order chi connectivity index (χ1) is 31.5. The summed E-state index contributed by atoms with van der Waals surface area (Å²) >= 11 is 0. The van der Waals surface area contributed by atoms with E-state index in [4.69, 9.17) is 18.9 Å². The Morgan fingerprint density at radius 1 is 1.02 bits per heavy atom. The number of nitrogens with zero attached hydrogens (tertiary/aromatic N) is 2. The molecule has 2 aromatic rings. The van der Waals surface area contributed by atoms with Crippen molar-refractivity contribution in [3.05, 3.63) is 84.5 Å². The average Bonchev–Trinajstić information content (AvgIpc) is 4.20. The van der Waals surface area contributed by atoms with E-state index in [9.17, 15) is 24.6 Å². The van der Waals surface area contributed by atoms with Crippen LogP contribution in [-0.4, -0.2) is 118 Å². The van der Waals surface area contributed by atoms with Gasteiger partial charge >= 0.3 is 0 Å². The number of aliphatic hydroxyl groups is 1. The second kappa shape index (κ2) is 17.5. The van der Waals surface area contributed by atoms with Crippen molar-refractivity contribution >= 4 is 29.2 Å². The Morgan fingerprint density at radius 3 is 2.38 bits per heavy atom. The number of methoxy groups -OCH3 is 1. The predicted molar refractivity (Wildman–Crippen MR) is 246 cm³/mol. The number of epoxide rings is 2. The van der Waals surface area contributed by atoms with Gasteiger partial charge in [-0.25, -0.2) is 0 Å². The van der Waals surface area contributed by atoms with Gasteiger partial charge in [-0.15, -0.1) is 6.58 Å². The number of ether oxygens (including phenoxy) is 4. The number of phenols is 1. The summed E-state index contributed by atoms with van der Waals surface area (Å²) in [6, 6.07) is 12.2. The molecule has 6 heterocycles. The molecule has 4 N–H and O–H groups in total. The van der Waals surface area contributed by atoms with E-state index in [-0.39, 0.29) is 60.5 Å². The van der Waals surface area contributed by atoms with Gasteiger partial charge in [0.2, 0.25) is 17.7 Å². The largest absolute Gasteiger partial charge is 0.508 e. The van der Waals surface area contributed by atoms with Crippen LogP contribution in [0.1, 0.15) is 110 Å². The Morgan fingerprint density at radius 2 is 1.71 bits per heavy atom. The molecular formula is C52H68N4O10. The van der Waals surface area contributed by atoms with Gasteiger partial charge in [-0.05, 0) is 72.9 Å². The lowest BCUT2D eigenvalue weighted by Gasteiger charge is -2.48. The molecule has 66 heavy (non-hydrogen) atoms. The standard InChI is InChI=1S/C52H68N4O10/c1-8-10-11-12-13-16-34(63-7)25-30(3)19-24-40(59)53-37-28-52(43-41(64-43)51(62,27-31(4)57)42-44(52)65-42)66-47(37)56-38-18-15-14-17-35(38)50(49(5,6)9-2)29-39-45(60)54-36(46(61)55(39)48(50)56)26-32-20-22-33(58)23-21-32/h9,14-15,17-24,30,34,36-37,39,41-44,47-48,58,62H,2,8,10-13,16,25-29H2,1,3-7H3,(H,53,59)(H,54,60)/b24-19+/t30?,34?,36-,37-,39-,41-,42-,43+,44+,47-,48+,50+,51?,52?/m0/s1. The van der Waals surface area contributed by atoms with Crippen LogP contribution in [0.3, 0.4) is 0 Å². The number of piperazine rings is 1. The van der Waals surface area contributed by atoms with E-state index in [1.54, 1.807) is 42.4 Å². The van der Waals surface area contributed by atoms with Crippen LogP contribution in [0.15, 0.2) is 73.3 Å². The Kier molecular flexibility index (Phi) is 12.3. The molecule has 0 aromatic heterocycles. The number of hydrogen-bond donors (Lipinski definition) is 4. The number of carbonyl (C=O) groups excluding carboxylic acids is 4. The van der Waals surface area contributed by atoms with Gasteiger partial charge in [0.1, 0.15) is 65.4 Å². The summed E-state index contributed by atoms with van der Waals surface area (Å²) < 4.78 is 25.9. The van der Waals surface area contributed by atoms with Crippen molar-refractivity contribution in [1.82, 2.24) is 15.5 Å². The van der Waals surface area contributed by atoms with Crippen molar-refractivity contribution in [3.8, 4) is 5.75 Å². The summed E-state index contributed by atoms with van der Waals surface area (Å²) in [4.78, 5) is 60.2. The maximum absolute atomic E-state index is 15.2. The monoisotopic (exact) mass is 908 g/mol. The van der Waals surface area contributed by atoms with Crippen LogP contribution in [0, 0.1) is 11.3 Å². The van der Waals surface area contributed by atoms with Gasteiger partial charge in [0.25, 0.3) is 0 Å². The highest BCUT2D eigenvalue weighted by Crippen LogP contribution is 2.67. The van der Waals surface area contributed by atoms with Crippen LogP contribution in [0.4, 0.5) is 5.69 Å². The number of benzene rings is 2. The highest BCUT2D eigenvalue weighted by Gasteiger charge is 2.84. The Bertz CT molecular complexity index is 2230. The summed E-state index contributed by atoms with van der Waals surface area (Å²) in [5, 5.41) is 28.2. The smallest absolute Gasteiger partial charge is 0.247 e. The van der Waals surface area contributed by atoms with Crippen LogP contribution >= 0.6 is 0 Å². The minimum Gasteiger partial charge on any atom is -0.508 e. The molecule has 6 fully saturated rings. The maximum atomic E-state index is 15.2. The number of carbonyl (C=O) groups is 4. The molecule has 7 aliphatic rings. The zero-order valence-corrected chi connectivity index (χ0v) is 39.2. The van der Waals surface area contributed by atoms with E-state index in [2.05, 4.69) is 55.9 Å². The number of para-hydroxylation sites is 1. The Labute approximate surface area is 388 Å². The number of anilines is 1. The third-order valence-corrected chi connectivity index (χ3v) is 16.2. The molecule has 0 radical (unpaired) electrons. The second-order valence-electron chi connectivity index (χ2n) is 20.8. The van der Waals surface area contributed by atoms with Gasteiger partial charge in [-0.2, -0.15) is 0 Å². The van der Waals surface area contributed by atoms with Crippen molar-refractivity contribution in [2.45, 2.75) is 183 Å². The SMILES string of the molecule is C=CC(C)(C)[C@@]12C[C@H]3C(=O)N[C@@H](Cc4ccc(O)cc4)C(=O)N3[C@@H]1N([C@H]1OC3(C[C@@H]1NC(=O)/C=C/C(C)CC(CCCCCCC)OC)[C@@H]1O[C@@H]1C(O)(CC(C)=O)[C@H]1O[C@H]13)c1ccccc12. The highest BCUT2D eigenvalue weighted by molar-refractivity contribution is 5.99. The topological polar surface area (TPSA) is 183 Å². The summed E-state index contributed by atoms with van der Waals surface area (Å²) in [6.07, 6.45) is 9.49. The molecule has 2 unspecified atom stereocenters. The van der Waals surface area contributed by atoms with Gasteiger partial charge in [0, 0.05) is 37.5 Å². The van der Waals surface area contributed by atoms with Crippen molar-refractivity contribution in [1.29, 1.82) is 0 Å². The first kappa shape index (κ1) is 46.5. The lowest BCUT2D eigenvalue weighted by Crippen LogP contribution is -2.68. The van der Waals surface area contributed by atoms with E-state index in [0.29, 0.717) is 6.42 Å². The molecule has 14 nitrogen and oxygen atoms in total. The molecule has 2 aromatic carbocycles. The number of unbranched alkanes of at least 4 members (excludes halogenated alkanes) is 4. The first-order valence-corrected chi connectivity index (χ1v) is 24.2. The van der Waals surface area contributed by atoms with E-state index >= 15 is 4.79 Å². The van der Waals surface area contributed by atoms with Gasteiger partial charge in [-0.1, -0.05) is 102 Å². The van der Waals surface area contributed by atoms with Crippen LogP contribution < -0.4 is 15.5 Å². The number of hydrogen-bond acceptors (Lipinski definition) is 11. The molecule has 1 aliphatic carbocycles. The number of aromatic hydroxyl groups is 1. The molecule has 0 bridgehead atoms. The fourth-order valence-corrected chi connectivity index (χ4v) is 12.6. The van der Waals surface area contributed by atoms with Crippen molar-refractivity contribution in [3.63, 3.8) is 0 Å². The molecule has 12 atom stereocenters. The fourth-order valence-electron chi connectivity index (χ4n) is 12.6. The number of rotatable bonds is 19. The normalized spacial score (nSPS) is 35.7. The van der Waals surface area contributed by atoms with Crippen LogP contribution in [0.2, 0.25) is 0 Å². The van der Waals surface area contributed by atoms with Crippen molar-refractivity contribution in [2.24, 2.45) is 11.3 Å². The van der Waals surface area contributed by atoms with Gasteiger partial charge in [0.15, 0.2) is 6.23 Å². The molecule has 9 rings (SSSR count). The minimum atomic E-state index is -1.51. The lowest BCUT2D eigenvalue weighted by molar-refractivity contribution is -0.150. The summed E-state index contributed by atoms with van der Waals surface area (Å²) in [5.41, 5.74) is -1.65. The number of amides is 3. The minimum absolute atomic E-state index is 0.0604. The van der Waals surface area contributed by atoms with Crippen LogP contribution in [-0.2, 0) is 50.0 Å². The highest BCUT2D eigenvalue weighted by atomic mass is 16.7. The van der Waals surface area contributed by atoms with Gasteiger partial charge in [-0.3, -0.25) is 19.2 Å². The Balaban J connectivity index is 1.07. The molecule has 1 saturated carbocycles. The van der Waals surface area contributed by atoms with E-state index in [1.165, 1.54) is 32.6 Å². The molecule has 14 heteroatoms. The summed E-state index contributed by atoms with van der Waals surface area (Å²) in [7, 11) is 1.75. The zero-order chi connectivity index (χ0) is 46.9. The second-order valence-corrected chi connectivity index (χ2v) is 20.8. The maximum Gasteiger partial charge on any atom is 0.247 e. The number of phenolic OH excluding ortho intramolecular Hbond substituents is 1. The number of fused-ring (bicyclic) bond motifs is 9. The zero-order valence-electron chi connectivity index (χ0n) is 39.2. The molecule has 3 amide bonds. The number of allylic oxidation sites excluding steroid dienone is 2. The summed E-state index contributed by atoms with van der Waals surface area (Å²) in [5.74, 6) is -0.837. The summed E-state index contributed by atoms with van der Waals surface area (Å²) in [6.45, 7) is 14.2. The number of ketones is 1. The lowest BCUT2D eigenvalue weighted by atomic mass is 9.60. The van der Waals surface area contributed by atoms with E-state index in [1.807, 2.05) is 30.4 Å². The molecule has 5 saturated heterocycles. The van der Waals surface area contributed by atoms with Crippen LogP contribution in [0.25, 0.3) is 0 Å². The van der Waals surface area contributed by atoms with Crippen LogP contribution in [0.5, 0.6) is 5.75 Å². The molecule has 6 aliphatic heterocycles. The number of Topliss-reactive ketones (excluding diaryl/α,β-unsaturated/α-hetero) is 1. The molecular weight excluding hydrogens is 841 g/mol. The average molecular weight is 909 g/mol. The Hall–Kier alpha value is -4.60. The third kappa shape index (κ3) is 7.68. The van der Waals surface area contributed by atoms with E-state index < -0.39 is 77.0 Å². The molecule has 356 valence electrons. The first-order valence-electron chi connectivity index (χ1n) is 24.2. The van der Waals surface area contributed by atoms with Crippen molar-refractivity contribution < 1.29 is 48.3 Å². The van der Waals surface area contributed by atoms with Gasteiger partial charge < -0.3 is 49.6 Å². The number of nitrogens with one attached hydrogen (secondary N) is 2. The fraction of sp³-hybridized carbons (Fsp3) is 0.615. The molecule has 1 spiro atoms. The van der Waals surface area contributed by atoms with Gasteiger partial charge in [0.05, 0.1) is 12.1 Å².